The molecule has 2 atom stereocenters. The predicted molar refractivity (Wildman–Crippen MR) is 114 cm³/mol. The van der Waals surface area contributed by atoms with Crippen molar-refractivity contribution in [1.82, 2.24) is 0 Å². The van der Waals surface area contributed by atoms with Crippen LogP contribution in [0.25, 0.3) is 22.3 Å². The standard InChI is InChI=1S/C24H18O8/c25-11-22-24(12-1-4-14(26)5-2-12)32-18-6-3-13(7-20(18)31-22)19-10-17(29)23-16(28)8-15(27)9-21(23)30-19/h1-10,22,24-28H,11H2/t22-,24-/m1/s1. The van der Waals surface area contributed by atoms with E-state index in [1.807, 2.05) is 0 Å². The second kappa shape index (κ2) is 7.51. The number of fused-ring (bicyclic) bond motifs is 2. The maximum atomic E-state index is 12.5. The molecule has 1 aliphatic heterocycles. The fourth-order valence-corrected chi connectivity index (χ4v) is 3.76. The van der Waals surface area contributed by atoms with Crippen LogP contribution in [0, 0.1) is 0 Å². The highest BCUT2D eigenvalue weighted by Gasteiger charge is 2.33. The van der Waals surface area contributed by atoms with Crippen molar-refractivity contribution in [2.75, 3.05) is 6.61 Å². The van der Waals surface area contributed by atoms with Crippen molar-refractivity contribution in [3.05, 3.63) is 76.5 Å². The van der Waals surface area contributed by atoms with Gasteiger partial charge in [-0.3, -0.25) is 4.79 Å². The van der Waals surface area contributed by atoms with Crippen molar-refractivity contribution in [2.45, 2.75) is 12.2 Å². The van der Waals surface area contributed by atoms with Gasteiger partial charge in [-0.2, -0.15) is 0 Å². The van der Waals surface area contributed by atoms with Gasteiger partial charge >= 0.3 is 0 Å². The van der Waals surface area contributed by atoms with Crippen LogP contribution in [-0.4, -0.2) is 33.1 Å². The summed E-state index contributed by atoms with van der Waals surface area (Å²) in [5.74, 6) is 0.528. The maximum Gasteiger partial charge on any atom is 0.197 e. The summed E-state index contributed by atoms with van der Waals surface area (Å²) in [5, 5.41) is 39.0. The molecular formula is C24H18O8. The molecule has 8 nitrogen and oxygen atoms in total. The van der Waals surface area contributed by atoms with Gasteiger partial charge in [0.05, 0.1) is 6.61 Å². The second-order valence-electron chi connectivity index (χ2n) is 7.44. The first-order valence-electron chi connectivity index (χ1n) is 9.80. The van der Waals surface area contributed by atoms with E-state index in [1.165, 1.54) is 24.3 Å². The largest absolute Gasteiger partial charge is 0.508 e. The number of rotatable bonds is 3. The van der Waals surface area contributed by atoms with E-state index in [2.05, 4.69) is 0 Å². The van der Waals surface area contributed by atoms with E-state index in [4.69, 9.17) is 13.9 Å². The van der Waals surface area contributed by atoms with Crippen molar-refractivity contribution in [3.63, 3.8) is 0 Å². The normalized spacial score (nSPS) is 17.4. The topological polar surface area (TPSA) is 130 Å². The molecule has 0 aliphatic carbocycles. The highest BCUT2D eigenvalue weighted by atomic mass is 16.6. The van der Waals surface area contributed by atoms with Gasteiger partial charge in [-0.05, 0) is 35.9 Å². The average molecular weight is 434 g/mol. The van der Waals surface area contributed by atoms with Crippen molar-refractivity contribution in [1.29, 1.82) is 0 Å². The molecule has 4 aromatic rings. The van der Waals surface area contributed by atoms with Crippen LogP contribution in [0.3, 0.4) is 0 Å². The first-order valence-corrected chi connectivity index (χ1v) is 9.80. The summed E-state index contributed by atoms with van der Waals surface area (Å²) >= 11 is 0. The molecule has 162 valence electrons. The van der Waals surface area contributed by atoms with E-state index in [1.54, 1.807) is 30.3 Å². The summed E-state index contributed by atoms with van der Waals surface area (Å²) in [6.07, 6.45) is -1.27. The Labute approximate surface area is 181 Å². The van der Waals surface area contributed by atoms with Crippen LogP contribution in [0.15, 0.2) is 69.9 Å². The number of hydrogen-bond donors (Lipinski definition) is 4. The van der Waals surface area contributed by atoms with Crippen LogP contribution >= 0.6 is 0 Å². The molecule has 0 fully saturated rings. The Morgan fingerprint density at radius 1 is 0.812 bits per heavy atom. The number of phenols is 3. The molecule has 5 rings (SSSR count). The summed E-state index contributed by atoms with van der Waals surface area (Å²) in [4.78, 5) is 12.5. The SMILES string of the molecule is O=c1cc(-c2ccc3c(c2)O[C@H](CO)[C@@H](c2ccc(O)cc2)O3)oc2cc(O)cc(O)c12. The molecule has 0 radical (unpaired) electrons. The fourth-order valence-electron chi connectivity index (χ4n) is 3.76. The second-order valence-corrected chi connectivity index (χ2v) is 7.44. The Morgan fingerprint density at radius 3 is 2.34 bits per heavy atom. The average Bonchev–Trinajstić information content (AvgIpc) is 2.77. The number of aliphatic hydroxyl groups is 1. The van der Waals surface area contributed by atoms with Gasteiger partial charge in [0.15, 0.2) is 29.1 Å². The first-order chi connectivity index (χ1) is 15.4. The molecule has 0 saturated heterocycles. The minimum atomic E-state index is -0.695. The van der Waals surface area contributed by atoms with E-state index in [-0.39, 0.29) is 40.6 Å². The van der Waals surface area contributed by atoms with E-state index in [0.717, 1.165) is 11.6 Å². The van der Waals surface area contributed by atoms with E-state index >= 15 is 0 Å². The zero-order valence-electron chi connectivity index (χ0n) is 16.6. The van der Waals surface area contributed by atoms with Crippen LogP contribution in [-0.2, 0) is 0 Å². The molecule has 0 unspecified atom stereocenters. The van der Waals surface area contributed by atoms with Crippen molar-refractivity contribution < 1.29 is 34.3 Å². The smallest absolute Gasteiger partial charge is 0.197 e. The minimum absolute atomic E-state index is 0.0267. The number of aromatic hydroxyl groups is 3. The Bertz CT molecular complexity index is 1370. The summed E-state index contributed by atoms with van der Waals surface area (Å²) in [5.41, 5.74) is 0.820. The van der Waals surface area contributed by atoms with Gasteiger partial charge < -0.3 is 34.3 Å². The van der Waals surface area contributed by atoms with Gasteiger partial charge in [0.25, 0.3) is 0 Å². The summed E-state index contributed by atoms with van der Waals surface area (Å²) in [6, 6.07) is 15.0. The summed E-state index contributed by atoms with van der Waals surface area (Å²) in [7, 11) is 0. The Balaban J connectivity index is 1.54. The van der Waals surface area contributed by atoms with Crippen LogP contribution in [0.1, 0.15) is 11.7 Å². The number of benzene rings is 3. The molecule has 3 aromatic carbocycles. The molecule has 1 aromatic heterocycles. The number of aliphatic hydroxyl groups excluding tert-OH is 1. The van der Waals surface area contributed by atoms with Gasteiger partial charge in [-0.1, -0.05) is 12.1 Å². The molecule has 8 heteroatoms. The van der Waals surface area contributed by atoms with Crippen molar-refractivity contribution >= 4 is 11.0 Å². The third kappa shape index (κ3) is 3.36. The molecule has 0 saturated carbocycles. The van der Waals surface area contributed by atoms with E-state index in [0.29, 0.717) is 17.1 Å². The third-order valence-electron chi connectivity index (χ3n) is 5.29. The number of phenolic OH excluding ortho intramolecular Hbond substituents is 3. The zero-order valence-corrected chi connectivity index (χ0v) is 16.6. The lowest BCUT2D eigenvalue weighted by molar-refractivity contribution is -0.0122. The predicted octanol–water partition coefficient (Wildman–Crippen LogP) is 3.45. The van der Waals surface area contributed by atoms with Gasteiger partial charge in [0.2, 0.25) is 0 Å². The maximum absolute atomic E-state index is 12.5. The lowest BCUT2D eigenvalue weighted by atomic mass is 10.0. The summed E-state index contributed by atoms with van der Waals surface area (Å²) in [6.45, 7) is -0.307. The van der Waals surface area contributed by atoms with Crippen molar-refractivity contribution in [3.8, 4) is 40.1 Å². The van der Waals surface area contributed by atoms with Gasteiger partial charge in [-0.15, -0.1) is 0 Å². The fraction of sp³-hybridized carbons (Fsp3) is 0.125. The van der Waals surface area contributed by atoms with Gasteiger partial charge in [0, 0.05) is 23.8 Å². The molecule has 32 heavy (non-hydrogen) atoms. The van der Waals surface area contributed by atoms with Crippen LogP contribution < -0.4 is 14.9 Å². The molecule has 2 heterocycles. The van der Waals surface area contributed by atoms with Crippen LogP contribution in [0.4, 0.5) is 0 Å². The molecule has 1 aliphatic rings. The van der Waals surface area contributed by atoms with Gasteiger partial charge in [0.1, 0.15) is 34.0 Å². The van der Waals surface area contributed by atoms with Crippen LogP contribution in [0.5, 0.6) is 28.7 Å². The molecule has 0 bridgehead atoms. The molecule has 0 amide bonds. The highest BCUT2D eigenvalue weighted by Crippen LogP contribution is 2.42. The monoisotopic (exact) mass is 434 g/mol. The minimum Gasteiger partial charge on any atom is -0.508 e. The first kappa shape index (κ1) is 19.8. The van der Waals surface area contributed by atoms with Gasteiger partial charge in [-0.25, -0.2) is 0 Å². The van der Waals surface area contributed by atoms with E-state index < -0.39 is 17.6 Å². The lowest BCUT2D eigenvalue weighted by Gasteiger charge is -2.33. The number of ether oxygens (including phenoxy) is 2. The zero-order chi connectivity index (χ0) is 22.4. The van der Waals surface area contributed by atoms with E-state index in [9.17, 15) is 25.2 Å². The molecule has 4 N–H and O–H groups in total. The quantitative estimate of drug-likeness (QED) is 0.386. The Kier molecular flexibility index (Phi) is 4.64. The highest BCUT2D eigenvalue weighted by molar-refractivity contribution is 5.86. The summed E-state index contributed by atoms with van der Waals surface area (Å²) < 4.78 is 17.8. The lowest BCUT2D eigenvalue weighted by Crippen LogP contribution is -2.36. The molecule has 0 spiro atoms. The van der Waals surface area contributed by atoms with Crippen molar-refractivity contribution in [2.24, 2.45) is 0 Å². The third-order valence-corrected chi connectivity index (χ3v) is 5.29. The van der Waals surface area contributed by atoms with Crippen LogP contribution in [0.2, 0.25) is 0 Å². The Morgan fingerprint density at radius 2 is 1.59 bits per heavy atom. The molecular weight excluding hydrogens is 416 g/mol. The number of hydrogen-bond acceptors (Lipinski definition) is 8. The Hall–Kier alpha value is -4.17.